The van der Waals surface area contributed by atoms with E-state index in [1.165, 1.54) is 14.0 Å². The highest BCUT2D eigenvalue weighted by atomic mass is 16.5. The Balaban J connectivity index is 2.03. The molecule has 2 N–H and O–H groups in total. The first-order valence-corrected chi connectivity index (χ1v) is 8.38. The summed E-state index contributed by atoms with van der Waals surface area (Å²) in [6.45, 7) is 5.09. The van der Waals surface area contributed by atoms with Crippen molar-refractivity contribution in [1.82, 2.24) is 14.8 Å². The minimum atomic E-state index is -0.306. The Morgan fingerprint density at radius 3 is 2.56 bits per heavy atom. The number of ether oxygens (including phenoxy) is 1. The van der Waals surface area contributed by atoms with E-state index in [1.807, 2.05) is 13.8 Å². The number of amides is 2. The highest BCUT2D eigenvalue weighted by molar-refractivity contribution is 6.13. The molecule has 0 aliphatic rings. The van der Waals surface area contributed by atoms with Gasteiger partial charge in [0.05, 0.1) is 29.4 Å². The highest BCUT2D eigenvalue weighted by Gasteiger charge is 2.19. The van der Waals surface area contributed by atoms with E-state index in [-0.39, 0.29) is 11.8 Å². The van der Waals surface area contributed by atoms with Crippen molar-refractivity contribution >= 4 is 34.2 Å². The van der Waals surface area contributed by atoms with Crippen molar-refractivity contribution in [3.05, 3.63) is 41.2 Å². The normalized spacial score (nSPS) is 10.7. The first-order chi connectivity index (χ1) is 12.8. The number of nitrogens with one attached hydrogen (secondary N) is 2. The molecule has 0 saturated carbocycles. The molecule has 0 radical (unpaired) electrons. The van der Waals surface area contributed by atoms with Crippen molar-refractivity contribution < 1.29 is 14.3 Å². The number of methoxy groups -OCH3 is 1. The maximum atomic E-state index is 13.0. The van der Waals surface area contributed by atoms with Crippen molar-refractivity contribution in [1.29, 1.82) is 0 Å². The molecule has 0 unspecified atom stereocenters. The molecule has 0 aliphatic carbocycles. The number of rotatable bonds is 4. The average Bonchev–Trinajstić information content (AvgIpc) is 2.88. The molecule has 0 fully saturated rings. The number of anilines is 2. The molecule has 27 heavy (non-hydrogen) atoms. The zero-order valence-electron chi connectivity index (χ0n) is 15.9. The number of carbonyl (C=O) groups is 2. The highest BCUT2D eigenvalue weighted by Crippen LogP contribution is 2.29. The van der Waals surface area contributed by atoms with Crippen LogP contribution in [0.3, 0.4) is 0 Å². The lowest BCUT2D eigenvalue weighted by Crippen LogP contribution is -2.15. The van der Waals surface area contributed by atoms with Gasteiger partial charge in [-0.2, -0.15) is 5.10 Å². The Morgan fingerprint density at radius 2 is 1.89 bits per heavy atom. The van der Waals surface area contributed by atoms with E-state index in [0.717, 1.165) is 11.4 Å². The molecule has 1 aromatic carbocycles. The van der Waals surface area contributed by atoms with E-state index in [1.54, 1.807) is 36.0 Å². The van der Waals surface area contributed by atoms with E-state index < -0.39 is 0 Å². The molecule has 0 aliphatic heterocycles. The first-order valence-electron chi connectivity index (χ1n) is 8.38. The third-order valence-corrected chi connectivity index (χ3v) is 4.11. The van der Waals surface area contributed by atoms with Gasteiger partial charge in [-0.1, -0.05) is 0 Å². The Kier molecular flexibility index (Phi) is 4.81. The molecule has 0 atom stereocenters. The van der Waals surface area contributed by atoms with Crippen LogP contribution in [0.1, 0.15) is 28.7 Å². The van der Waals surface area contributed by atoms with Gasteiger partial charge in [0.2, 0.25) is 5.91 Å². The summed E-state index contributed by atoms with van der Waals surface area (Å²) in [6.07, 6.45) is 0. The molecular formula is C19H21N5O3. The van der Waals surface area contributed by atoms with Crippen molar-refractivity contribution in [2.24, 2.45) is 7.05 Å². The van der Waals surface area contributed by atoms with Crippen molar-refractivity contribution in [3.63, 3.8) is 0 Å². The molecule has 3 aromatic rings. The summed E-state index contributed by atoms with van der Waals surface area (Å²) in [5, 5.41) is 10.6. The van der Waals surface area contributed by atoms with E-state index in [9.17, 15) is 9.59 Å². The second kappa shape index (κ2) is 7.06. The van der Waals surface area contributed by atoms with Gasteiger partial charge < -0.3 is 15.4 Å². The fraction of sp³-hybridized carbons (Fsp3) is 0.263. The van der Waals surface area contributed by atoms with Gasteiger partial charge in [-0.15, -0.1) is 0 Å². The van der Waals surface area contributed by atoms with Crippen LogP contribution in [0.5, 0.6) is 5.75 Å². The quantitative estimate of drug-likeness (QED) is 0.739. The smallest absolute Gasteiger partial charge is 0.256 e. The third kappa shape index (κ3) is 3.59. The number of hydrogen-bond acceptors (Lipinski definition) is 5. The summed E-state index contributed by atoms with van der Waals surface area (Å²) >= 11 is 0. The number of carbonyl (C=O) groups excluding carboxylic acids is 2. The van der Waals surface area contributed by atoms with Gasteiger partial charge in [-0.05, 0) is 38.1 Å². The largest absolute Gasteiger partial charge is 0.495 e. The summed E-state index contributed by atoms with van der Waals surface area (Å²) in [6, 6.07) is 6.77. The zero-order chi connectivity index (χ0) is 19.7. The van der Waals surface area contributed by atoms with Crippen LogP contribution in [0.15, 0.2) is 24.3 Å². The molecule has 0 bridgehead atoms. The van der Waals surface area contributed by atoms with Gasteiger partial charge in [-0.3, -0.25) is 14.3 Å². The second-order valence-electron chi connectivity index (χ2n) is 6.27. The van der Waals surface area contributed by atoms with Crippen LogP contribution in [0.25, 0.3) is 11.0 Å². The topological polar surface area (TPSA) is 98.1 Å². The summed E-state index contributed by atoms with van der Waals surface area (Å²) in [5.41, 5.74) is 3.59. The van der Waals surface area contributed by atoms with Crippen molar-refractivity contribution in [3.8, 4) is 5.75 Å². The van der Waals surface area contributed by atoms with Crippen LogP contribution >= 0.6 is 0 Å². The predicted octanol–water partition coefficient (Wildman–Crippen LogP) is 2.80. The molecule has 2 aromatic heterocycles. The lowest BCUT2D eigenvalue weighted by Gasteiger charge is -2.13. The first kappa shape index (κ1) is 18.4. The number of fused-ring (bicyclic) bond motifs is 1. The standard InChI is InChI=1S/C19H21N5O3/c1-10-8-14(17-11(2)23-24(4)18(17)20-10)19(26)22-15-9-13(21-12(3)25)6-7-16(15)27-5/h6-9H,1-5H3,(H,21,25)(H,22,26). The fourth-order valence-corrected chi connectivity index (χ4v) is 3.03. The number of nitrogens with zero attached hydrogens (tertiary/aromatic N) is 3. The monoisotopic (exact) mass is 367 g/mol. The molecule has 140 valence electrons. The summed E-state index contributed by atoms with van der Waals surface area (Å²) in [5.74, 6) is -0.0165. The van der Waals surface area contributed by atoms with Crippen molar-refractivity contribution in [2.75, 3.05) is 17.7 Å². The van der Waals surface area contributed by atoms with Gasteiger partial charge in [0.1, 0.15) is 5.75 Å². The Morgan fingerprint density at radius 1 is 1.15 bits per heavy atom. The summed E-state index contributed by atoms with van der Waals surface area (Å²) in [7, 11) is 3.31. The van der Waals surface area contributed by atoms with Gasteiger partial charge in [0.25, 0.3) is 5.91 Å². The lowest BCUT2D eigenvalue weighted by atomic mass is 10.1. The minimum absolute atomic E-state index is 0.199. The van der Waals surface area contributed by atoms with E-state index in [2.05, 4.69) is 20.7 Å². The van der Waals surface area contributed by atoms with Gasteiger partial charge in [0, 0.05) is 25.4 Å². The molecular weight excluding hydrogens is 346 g/mol. The van der Waals surface area contributed by atoms with Crippen LogP contribution in [0, 0.1) is 13.8 Å². The van der Waals surface area contributed by atoms with E-state index in [0.29, 0.717) is 33.7 Å². The number of aryl methyl sites for hydroxylation is 3. The molecule has 3 rings (SSSR count). The van der Waals surface area contributed by atoms with Gasteiger partial charge in [0.15, 0.2) is 5.65 Å². The minimum Gasteiger partial charge on any atom is -0.495 e. The maximum Gasteiger partial charge on any atom is 0.256 e. The zero-order valence-corrected chi connectivity index (χ0v) is 15.9. The predicted molar refractivity (Wildman–Crippen MR) is 103 cm³/mol. The van der Waals surface area contributed by atoms with Crippen LogP contribution in [0.2, 0.25) is 0 Å². The summed E-state index contributed by atoms with van der Waals surface area (Å²) in [4.78, 5) is 28.8. The Labute approximate surface area is 156 Å². The van der Waals surface area contributed by atoms with Crippen LogP contribution in [0.4, 0.5) is 11.4 Å². The molecule has 0 spiro atoms. The van der Waals surface area contributed by atoms with Crippen LogP contribution < -0.4 is 15.4 Å². The second-order valence-corrected chi connectivity index (χ2v) is 6.27. The molecule has 8 nitrogen and oxygen atoms in total. The summed E-state index contributed by atoms with van der Waals surface area (Å²) < 4.78 is 6.98. The Bertz CT molecular complexity index is 1060. The molecule has 2 heterocycles. The average molecular weight is 367 g/mol. The number of benzene rings is 1. The van der Waals surface area contributed by atoms with E-state index in [4.69, 9.17) is 4.74 Å². The van der Waals surface area contributed by atoms with Crippen molar-refractivity contribution in [2.45, 2.75) is 20.8 Å². The van der Waals surface area contributed by atoms with Crippen LogP contribution in [-0.2, 0) is 11.8 Å². The van der Waals surface area contributed by atoms with Crippen LogP contribution in [-0.4, -0.2) is 33.7 Å². The third-order valence-electron chi connectivity index (χ3n) is 4.11. The number of pyridine rings is 1. The SMILES string of the molecule is COc1ccc(NC(C)=O)cc1NC(=O)c1cc(C)nc2c1c(C)nn2C. The molecule has 8 heteroatoms. The lowest BCUT2D eigenvalue weighted by molar-refractivity contribution is -0.114. The van der Waals surface area contributed by atoms with Gasteiger partial charge in [-0.25, -0.2) is 4.98 Å². The fourth-order valence-electron chi connectivity index (χ4n) is 3.03. The maximum absolute atomic E-state index is 13.0. The Hall–Kier alpha value is -3.42. The number of aromatic nitrogens is 3. The van der Waals surface area contributed by atoms with E-state index >= 15 is 0 Å². The molecule has 0 saturated heterocycles. The molecule has 2 amide bonds. The van der Waals surface area contributed by atoms with Gasteiger partial charge >= 0.3 is 0 Å². The number of hydrogen-bond donors (Lipinski definition) is 2.